The molecule has 0 radical (unpaired) electrons. The number of thioether (sulfide) groups is 1. The molecule has 0 aliphatic heterocycles. The number of benzene rings is 1. The molecular weight excluding hydrogens is 308 g/mol. The van der Waals surface area contributed by atoms with E-state index in [1.807, 2.05) is 38.3 Å². The fourth-order valence-electron chi connectivity index (χ4n) is 2.25. The standard InChI is InChI=1S/C18H30N2O2S/c1-12-14(17(22)20-13(2)16(10-21)23-6)8-7-9-15(12)19-11-18(3,4)5/h7-9,13,16,19,21H,10-11H2,1-6H3,(H,20,22). The van der Waals surface area contributed by atoms with Crippen LogP contribution in [-0.4, -0.2) is 41.7 Å². The smallest absolute Gasteiger partial charge is 0.251 e. The lowest BCUT2D eigenvalue weighted by Crippen LogP contribution is -2.41. The number of hydrogen-bond acceptors (Lipinski definition) is 4. The molecule has 4 nitrogen and oxygen atoms in total. The summed E-state index contributed by atoms with van der Waals surface area (Å²) >= 11 is 1.56. The topological polar surface area (TPSA) is 61.4 Å². The third-order valence-corrected chi connectivity index (χ3v) is 4.95. The van der Waals surface area contributed by atoms with Crippen LogP contribution in [-0.2, 0) is 0 Å². The number of aliphatic hydroxyl groups is 1. The van der Waals surface area contributed by atoms with Crippen LogP contribution in [0.1, 0.15) is 43.6 Å². The van der Waals surface area contributed by atoms with E-state index in [9.17, 15) is 9.90 Å². The zero-order valence-electron chi connectivity index (χ0n) is 15.1. The van der Waals surface area contributed by atoms with Crippen LogP contribution >= 0.6 is 11.8 Å². The minimum absolute atomic E-state index is 0.00135. The quantitative estimate of drug-likeness (QED) is 0.714. The molecule has 130 valence electrons. The Bertz CT molecular complexity index is 522. The molecule has 23 heavy (non-hydrogen) atoms. The van der Waals surface area contributed by atoms with E-state index in [0.29, 0.717) is 5.56 Å². The van der Waals surface area contributed by atoms with Crippen molar-refractivity contribution < 1.29 is 9.90 Å². The van der Waals surface area contributed by atoms with Crippen molar-refractivity contribution in [2.24, 2.45) is 5.41 Å². The van der Waals surface area contributed by atoms with Gasteiger partial charge in [-0.05, 0) is 43.2 Å². The summed E-state index contributed by atoms with van der Waals surface area (Å²) in [6.07, 6.45) is 1.94. The van der Waals surface area contributed by atoms with E-state index in [2.05, 4.69) is 31.4 Å². The number of anilines is 1. The van der Waals surface area contributed by atoms with Gasteiger partial charge in [-0.25, -0.2) is 0 Å². The van der Waals surface area contributed by atoms with Crippen LogP contribution in [0.3, 0.4) is 0 Å². The molecule has 0 saturated carbocycles. The average Bonchev–Trinajstić information content (AvgIpc) is 2.46. The molecule has 0 spiro atoms. The van der Waals surface area contributed by atoms with Crippen molar-refractivity contribution in [3.8, 4) is 0 Å². The highest BCUT2D eigenvalue weighted by molar-refractivity contribution is 7.99. The molecule has 0 heterocycles. The van der Waals surface area contributed by atoms with Gasteiger partial charge in [0.15, 0.2) is 0 Å². The number of amides is 1. The number of carbonyl (C=O) groups is 1. The molecular formula is C18H30N2O2S. The van der Waals surface area contributed by atoms with Gasteiger partial charge in [-0.1, -0.05) is 26.8 Å². The van der Waals surface area contributed by atoms with Gasteiger partial charge in [-0.15, -0.1) is 0 Å². The molecule has 5 heteroatoms. The second-order valence-electron chi connectivity index (χ2n) is 7.11. The van der Waals surface area contributed by atoms with Gasteiger partial charge in [0.05, 0.1) is 6.61 Å². The highest BCUT2D eigenvalue weighted by atomic mass is 32.2. The Kier molecular flexibility index (Phi) is 7.42. The predicted octanol–water partition coefficient (Wildman–Crippen LogP) is 3.30. The summed E-state index contributed by atoms with van der Waals surface area (Å²) in [5, 5.41) is 15.8. The van der Waals surface area contributed by atoms with Crippen molar-refractivity contribution in [2.75, 3.05) is 24.7 Å². The summed E-state index contributed by atoms with van der Waals surface area (Å²) in [5.41, 5.74) is 2.79. The first-order valence-corrected chi connectivity index (χ1v) is 9.26. The molecule has 0 aliphatic carbocycles. The zero-order chi connectivity index (χ0) is 17.6. The predicted molar refractivity (Wildman–Crippen MR) is 100 cm³/mol. The second kappa shape index (κ2) is 8.60. The van der Waals surface area contributed by atoms with E-state index in [0.717, 1.165) is 17.8 Å². The third kappa shape index (κ3) is 6.07. The van der Waals surface area contributed by atoms with E-state index in [1.54, 1.807) is 11.8 Å². The Balaban J connectivity index is 2.85. The molecule has 1 rings (SSSR count). The molecule has 1 aromatic carbocycles. The Morgan fingerprint density at radius 2 is 2.00 bits per heavy atom. The molecule has 0 aromatic heterocycles. The van der Waals surface area contributed by atoms with E-state index < -0.39 is 0 Å². The van der Waals surface area contributed by atoms with Gasteiger partial charge in [0.25, 0.3) is 5.91 Å². The van der Waals surface area contributed by atoms with Crippen molar-refractivity contribution in [3.63, 3.8) is 0 Å². The van der Waals surface area contributed by atoms with E-state index in [1.165, 1.54) is 0 Å². The van der Waals surface area contributed by atoms with Gasteiger partial charge in [-0.2, -0.15) is 11.8 Å². The summed E-state index contributed by atoms with van der Waals surface area (Å²) in [4.78, 5) is 12.5. The van der Waals surface area contributed by atoms with Crippen LogP contribution in [0.15, 0.2) is 18.2 Å². The van der Waals surface area contributed by atoms with Crippen molar-refractivity contribution in [3.05, 3.63) is 29.3 Å². The number of aliphatic hydroxyl groups excluding tert-OH is 1. The maximum Gasteiger partial charge on any atom is 0.251 e. The Labute approximate surface area is 144 Å². The number of nitrogens with one attached hydrogen (secondary N) is 2. The normalized spacial score (nSPS) is 14.2. The second-order valence-corrected chi connectivity index (χ2v) is 8.19. The fraction of sp³-hybridized carbons (Fsp3) is 0.611. The first kappa shape index (κ1) is 19.8. The summed E-state index contributed by atoms with van der Waals surface area (Å²) in [5.74, 6) is -0.0955. The monoisotopic (exact) mass is 338 g/mol. The minimum atomic E-state index is -0.0955. The van der Waals surface area contributed by atoms with Crippen LogP contribution in [0, 0.1) is 12.3 Å². The first-order chi connectivity index (χ1) is 10.7. The molecule has 2 atom stereocenters. The maximum absolute atomic E-state index is 12.5. The lowest BCUT2D eigenvalue weighted by Gasteiger charge is -2.23. The average molecular weight is 339 g/mol. The van der Waals surface area contributed by atoms with Crippen molar-refractivity contribution in [1.82, 2.24) is 5.32 Å². The lowest BCUT2D eigenvalue weighted by atomic mass is 9.96. The van der Waals surface area contributed by atoms with Crippen LogP contribution in [0.4, 0.5) is 5.69 Å². The van der Waals surface area contributed by atoms with Crippen LogP contribution in [0.5, 0.6) is 0 Å². The van der Waals surface area contributed by atoms with E-state index >= 15 is 0 Å². The van der Waals surface area contributed by atoms with Crippen molar-refractivity contribution in [2.45, 2.75) is 45.9 Å². The zero-order valence-corrected chi connectivity index (χ0v) is 15.9. The number of carbonyl (C=O) groups excluding carboxylic acids is 1. The summed E-state index contributed by atoms with van der Waals surface area (Å²) in [7, 11) is 0. The van der Waals surface area contributed by atoms with Crippen molar-refractivity contribution >= 4 is 23.4 Å². The van der Waals surface area contributed by atoms with Gasteiger partial charge in [0.2, 0.25) is 0 Å². The summed E-state index contributed by atoms with van der Waals surface area (Å²) in [6, 6.07) is 5.65. The fourth-order valence-corrected chi connectivity index (χ4v) is 2.87. The SMILES string of the molecule is CSC(CO)C(C)NC(=O)c1cccc(NCC(C)(C)C)c1C. The third-order valence-electron chi connectivity index (χ3n) is 3.79. The number of rotatable bonds is 7. The highest BCUT2D eigenvalue weighted by Crippen LogP contribution is 2.22. The Morgan fingerprint density at radius 1 is 1.35 bits per heavy atom. The molecule has 1 amide bonds. The molecule has 0 fully saturated rings. The summed E-state index contributed by atoms with van der Waals surface area (Å²) in [6.45, 7) is 11.3. The highest BCUT2D eigenvalue weighted by Gasteiger charge is 2.20. The van der Waals surface area contributed by atoms with Gasteiger partial charge >= 0.3 is 0 Å². The van der Waals surface area contributed by atoms with Gasteiger partial charge < -0.3 is 15.7 Å². The van der Waals surface area contributed by atoms with Crippen LogP contribution < -0.4 is 10.6 Å². The van der Waals surface area contributed by atoms with Gasteiger partial charge in [0.1, 0.15) is 0 Å². The maximum atomic E-state index is 12.5. The Hall–Kier alpha value is -1.20. The minimum Gasteiger partial charge on any atom is -0.395 e. The van der Waals surface area contributed by atoms with E-state index in [-0.39, 0.29) is 29.2 Å². The molecule has 1 aromatic rings. The molecule has 0 bridgehead atoms. The molecule has 3 N–H and O–H groups in total. The molecule has 0 aliphatic rings. The Morgan fingerprint density at radius 3 is 2.52 bits per heavy atom. The molecule has 0 saturated heterocycles. The van der Waals surface area contributed by atoms with Crippen molar-refractivity contribution in [1.29, 1.82) is 0 Å². The number of hydrogen-bond donors (Lipinski definition) is 3. The summed E-state index contributed by atoms with van der Waals surface area (Å²) < 4.78 is 0. The lowest BCUT2D eigenvalue weighted by molar-refractivity contribution is 0.0935. The largest absolute Gasteiger partial charge is 0.395 e. The van der Waals surface area contributed by atoms with Gasteiger partial charge in [-0.3, -0.25) is 4.79 Å². The van der Waals surface area contributed by atoms with E-state index in [4.69, 9.17) is 0 Å². The van der Waals surface area contributed by atoms with Crippen LogP contribution in [0.25, 0.3) is 0 Å². The molecule has 2 unspecified atom stereocenters. The first-order valence-electron chi connectivity index (χ1n) is 7.97. The van der Waals surface area contributed by atoms with Crippen LogP contribution in [0.2, 0.25) is 0 Å². The van der Waals surface area contributed by atoms with Gasteiger partial charge in [0, 0.05) is 29.1 Å².